The molecule has 0 spiro atoms. The van der Waals surface area contributed by atoms with Gasteiger partial charge >= 0.3 is 0 Å². The van der Waals surface area contributed by atoms with E-state index >= 15 is 0 Å². The second kappa shape index (κ2) is 5.24. The third-order valence-electron chi connectivity index (χ3n) is 1.89. The molecule has 6 heteroatoms. The second-order valence-corrected chi connectivity index (χ2v) is 3.36. The Balaban J connectivity index is 3.38. The van der Waals surface area contributed by atoms with Gasteiger partial charge in [0.2, 0.25) is 0 Å². The number of nitrogens with zero attached hydrogens (tertiary/aromatic N) is 2. The smallest absolute Gasteiger partial charge is 0.244 e. The fourth-order valence-corrected chi connectivity index (χ4v) is 1.68. The normalized spacial score (nSPS) is 10.4. The van der Waals surface area contributed by atoms with Crippen molar-refractivity contribution in [2.45, 2.75) is 18.7 Å². The van der Waals surface area contributed by atoms with Crippen LogP contribution in [0.1, 0.15) is 23.1 Å². The van der Waals surface area contributed by atoms with Crippen LogP contribution in [-0.2, 0) is 12.3 Å². The zero-order chi connectivity index (χ0) is 11.4. The molecule has 0 aromatic carbocycles. The number of halogens is 4. The SMILES string of the molecule is N#CCc1c(CCl)cnc(Cl)c1C(F)F. The maximum absolute atomic E-state index is 12.7. The lowest BCUT2D eigenvalue weighted by molar-refractivity contribution is 0.150. The summed E-state index contributed by atoms with van der Waals surface area (Å²) in [5.41, 5.74) is 0.205. The molecule has 1 aromatic rings. The molecule has 0 amide bonds. The summed E-state index contributed by atoms with van der Waals surface area (Å²) in [6.45, 7) is 0. The first-order chi connectivity index (χ1) is 7.11. The molecule has 0 aliphatic heterocycles. The van der Waals surface area contributed by atoms with Crippen LogP contribution in [0, 0.1) is 11.3 Å². The van der Waals surface area contributed by atoms with Crippen LogP contribution in [0.25, 0.3) is 0 Å². The van der Waals surface area contributed by atoms with Crippen LogP contribution in [0.15, 0.2) is 6.20 Å². The van der Waals surface area contributed by atoms with Crippen LogP contribution in [0.4, 0.5) is 8.78 Å². The van der Waals surface area contributed by atoms with Crippen LogP contribution in [-0.4, -0.2) is 4.98 Å². The molecule has 0 saturated carbocycles. The van der Waals surface area contributed by atoms with Gasteiger partial charge in [-0.1, -0.05) is 11.6 Å². The molecular formula is C9H6Cl2F2N2. The first kappa shape index (κ1) is 12.2. The van der Waals surface area contributed by atoms with Gasteiger partial charge in [0.1, 0.15) is 5.15 Å². The number of rotatable bonds is 3. The highest BCUT2D eigenvalue weighted by molar-refractivity contribution is 6.30. The number of hydrogen-bond acceptors (Lipinski definition) is 2. The standard InChI is InChI=1S/C9H6Cl2F2N2/c10-3-5-4-15-8(11)7(9(12)13)6(5)1-2-14/h4,9H,1,3H2. The number of pyridine rings is 1. The topological polar surface area (TPSA) is 36.7 Å². The van der Waals surface area contributed by atoms with Crippen LogP contribution >= 0.6 is 23.2 Å². The molecule has 1 heterocycles. The molecule has 0 atom stereocenters. The summed E-state index contributed by atoms with van der Waals surface area (Å²) in [7, 11) is 0. The summed E-state index contributed by atoms with van der Waals surface area (Å²) in [4.78, 5) is 3.61. The Hall–Kier alpha value is -0.920. The molecule has 0 unspecified atom stereocenters. The van der Waals surface area contributed by atoms with E-state index in [4.69, 9.17) is 28.5 Å². The molecule has 0 N–H and O–H groups in total. The van der Waals surface area contributed by atoms with E-state index in [1.807, 2.05) is 0 Å². The minimum absolute atomic E-state index is 0.0287. The third kappa shape index (κ3) is 2.55. The number of nitriles is 1. The van der Waals surface area contributed by atoms with Gasteiger partial charge in [-0.2, -0.15) is 5.26 Å². The Morgan fingerprint density at radius 2 is 2.20 bits per heavy atom. The van der Waals surface area contributed by atoms with Gasteiger partial charge in [0.25, 0.3) is 6.43 Å². The van der Waals surface area contributed by atoms with Gasteiger partial charge in [0, 0.05) is 12.1 Å². The Bertz CT molecular complexity index is 402. The van der Waals surface area contributed by atoms with E-state index in [9.17, 15) is 8.78 Å². The van der Waals surface area contributed by atoms with E-state index in [1.165, 1.54) is 6.20 Å². The first-order valence-corrected chi connectivity index (χ1v) is 4.90. The molecule has 0 bridgehead atoms. The Labute approximate surface area is 95.4 Å². The Kier molecular flexibility index (Phi) is 4.25. The maximum Gasteiger partial charge on any atom is 0.267 e. The van der Waals surface area contributed by atoms with Crippen LogP contribution < -0.4 is 0 Å². The van der Waals surface area contributed by atoms with Gasteiger partial charge < -0.3 is 0 Å². The van der Waals surface area contributed by atoms with E-state index in [-0.39, 0.29) is 23.0 Å². The summed E-state index contributed by atoms with van der Waals surface area (Å²) in [6, 6.07) is 1.80. The average Bonchev–Trinajstić information content (AvgIpc) is 2.18. The minimum atomic E-state index is -2.75. The van der Waals surface area contributed by atoms with Crippen molar-refractivity contribution in [2.24, 2.45) is 0 Å². The van der Waals surface area contributed by atoms with Crippen LogP contribution in [0.2, 0.25) is 5.15 Å². The molecule has 15 heavy (non-hydrogen) atoms. The lowest BCUT2D eigenvalue weighted by Gasteiger charge is -2.11. The zero-order valence-electron chi connectivity index (χ0n) is 7.48. The van der Waals surface area contributed by atoms with Gasteiger partial charge in [-0.05, 0) is 11.1 Å². The van der Waals surface area contributed by atoms with Gasteiger partial charge in [0.15, 0.2) is 0 Å². The second-order valence-electron chi connectivity index (χ2n) is 2.74. The fourth-order valence-electron chi connectivity index (χ4n) is 1.20. The van der Waals surface area contributed by atoms with Crippen molar-refractivity contribution in [2.75, 3.05) is 0 Å². The molecule has 1 aromatic heterocycles. The van der Waals surface area contributed by atoms with Crippen molar-refractivity contribution in [1.29, 1.82) is 5.26 Å². The maximum atomic E-state index is 12.7. The van der Waals surface area contributed by atoms with E-state index in [0.29, 0.717) is 5.56 Å². The van der Waals surface area contributed by atoms with Crippen molar-refractivity contribution < 1.29 is 8.78 Å². The highest BCUT2D eigenvalue weighted by Gasteiger charge is 2.20. The Morgan fingerprint density at radius 3 is 2.67 bits per heavy atom. The van der Waals surface area contributed by atoms with Gasteiger partial charge in [0.05, 0.1) is 18.1 Å². The molecule has 0 saturated heterocycles. The van der Waals surface area contributed by atoms with Gasteiger partial charge in [-0.25, -0.2) is 13.8 Å². The minimum Gasteiger partial charge on any atom is -0.244 e. The zero-order valence-corrected chi connectivity index (χ0v) is 8.99. The highest BCUT2D eigenvalue weighted by atomic mass is 35.5. The Morgan fingerprint density at radius 1 is 1.53 bits per heavy atom. The molecule has 80 valence electrons. The predicted molar refractivity (Wildman–Crippen MR) is 53.1 cm³/mol. The van der Waals surface area contributed by atoms with Crippen LogP contribution in [0.5, 0.6) is 0 Å². The van der Waals surface area contributed by atoms with Gasteiger partial charge in [-0.3, -0.25) is 0 Å². The quantitative estimate of drug-likeness (QED) is 0.609. The molecule has 2 nitrogen and oxygen atoms in total. The van der Waals surface area contributed by atoms with Gasteiger partial charge in [-0.15, -0.1) is 11.6 Å². The number of aromatic nitrogens is 1. The summed E-state index contributed by atoms with van der Waals surface area (Å²) < 4.78 is 25.3. The van der Waals surface area contributed by atoms with Crippen molar-refractivity contribution in [3.8, 4) is 6.07 Å². The van der Waals surface area contributed by atoms with E-state index in [2.05, 4.69) is 4.98 Å². The molecule has 0 aliphatic carbocycles. The highest BCUT2D eigenvalue weighted by Crippen LogP contribution is 2.31. The molecule has 0 aliphatic rings. The summed E-state index contributed by atoms with van der Waals surface area (Å²) in [6.07, 6.45) is -1.59. The largest absolute Gasteiger partial charge is 0.267 e. The lowest BCUT2D eigenvalue weighted by atomic mass is 10.0. The summed E-state index contributed by atoms with van der Waals surface area (Å²) >= 11 is 11.1. The third-order valence-corrected chi connectivity index (χ3v) is 2.48. The van der Waals surface area contributed by atoms with Crippen molar-refractivity contribution in [3.63, 3.8) is 0 Å². The first-order valence-electron chi connectivity index (χ1n) is 3.99. The molecular weight excluding hydrogens is 245 g/mol. The van der Waals surface area contributed by atoms with Crippen molar-refractivity contribution in [3.05, 3.63) is 28.0 Å². The molecule has 0 radical (unpaired) electrons. The monoisotopic (exact) mass is 250 g/mol. The fraction of sp³-hybridized carbons (Fsp3) is 0.333. The lowest BCUT2D eigenvalue weighted by Crippen LogP contribution is -2.02. The van der Waals surface area contributed by atoms with E-state index < -0.39 is 12.0 Å². The molecule has 0 fully saturated rings. The van der Waals surface area contributed by atoms with Crippen molar-refractivity contribution >= 4 is 23.2 Å². The van der Waals surface area contributed by atoms with E-state index in [1.54, 1.807) is 6.07 Å². The van der Waals surface area contributed by atoms with Crippen LogP contribution in [0.3, 0.4) is 0 Å². The number of hydrogen-bond donors (Lipinski definition) is 0. The van der Waals surface area contributed by atoms with E-state index in [0.717, 1.165) is 0 Å². The molecule has 1 rings (SSSR count). The summed E-state index contributed by atoms with van der Waals surface area (Å²) in [5, 5.41) is 8.26. The van der Waals surface area contributed by atoms with Crippen molar-refractivity contribution in [1.82, 2.24) is 4.98 Å². The number of alkyl halides is 3. The average molecular weight is 251 g/mol. The predicted octanol–water partition coefficient (Wildman–Crippen LogP) is 3.48. The summed E-state index contributed by atoms with van der Waals surface area (Å²) in [5.74, 6) is 0.0287.